The molecule has 2 unspecified atom stereocenters. The molecule has 0 aliphatic carbocycles. The van der Waals surface area contributed by atoms with Gasteiger partial charge in [0.1, 0.15) is 5.92 Å². The highest BCUT2D eigenvalue weighted by molar-refractivity contribution is 5.76. The van der Waals surface area contributed by atoms with Crippen LogP contribution < -0.4 is 0 Å². The van der Waals surface area contributed by atoms with Gasteiger partial charge in [0.05, 0.1) is 6.61 Å². The lowest BCUT2D eigenvalue weighted by Crippen LogP contribution is -2.18. The largest absolute Gasteiger partial charge is 0.465 e. The van der Waals surface area contributed by atoms with Gasteiger partial charge in [0.25, 0.3) is 0 Å². The van der Waals surface area contributed by atoms with Crippen LogP contribution in [0, 0.1) is 5.92 Å². The molecule has 1 rings (SSSR count). The summed E-state index contributed by atoms with van der Waals surface area (Å²) in [6.45, 7) is 10.4. The molecule has 0 aliphatic rings. The van der Waals surface area contributed by atoms with Gasteiger partial charge < -0.3 is 9.26 Å². The molecule has 0 aromatic carbocycles. The second-order valence-electron chi connectivity index (χ2n) is 5.23. The fraction of sp³-hybridized carbons (Fsp3) is 0.786. The first-order chi connectivity index (χ1) is 8.99. The monoisotopic (exact) mass is 268 g/mol. The van der Waals surface area contributed by atoms with E-state index in [1.54, 1.807) is 6.92 Å². The van der Waals surface area contributed by atoms with Crippen LogP contribution in [0.25, 0.3) is 0 Å². The van der Waals surface area contributed by atoms with Gasteiger partial charge in [-0.2, -0.15) is 4.98 Å². The summed E-state index contributed by atoms with van der Waals surface area (Å²) in [4.78, 5) is 16.3. The highest BCUT2D eigenvalue weighted by atomic mass is 16.5. The van der Waals surface area contributed by atoms with E-state index in [0.29, 0.717) is 30.7 Å². The van der Waals surface area contributed by atoms with Crippen LogP contribution in [0.1, 0.15) is 71.0 Å². The normalized spacial score (nSPS) is 14.4. The number of esters is 1. The van der Waals surface area contributed by atoms with Crippen molar-refractivity contribution in [2.45, 2.75) is 59.3 Å². The second kappa shape index (κ2) is 7.26. The fourth-order valence-electron chi connectivity index (χ4n) is 1.78. The molecule has 1 heterocycles. The van der Waals surface area contributed by atoms with Gasteiger partial charge in [-0.3, -0.25) is 4.79 Å². The number of hydrogen-bond donors (Lipinski definition) is 0. The topological polar surface area (TPSA) is 65.2 Å². The number of rotatable bonds is 7. The molecule has 0 spiro atoms. The lowest BCUT2D eigenvalue weighted by molar-refractivity contribution is -0.146. The minimum Gasteiger partial charge on any atom is -0.465 e. The molecule has 0 radical (unpaired) electrons. The predicted octanol–water partition coefficient (Wildman–Crippen LogP) is 3.28. The van der Waals surface area contributed by atoms with Crippen LogP contribution >= 0.6 is 0 Å². The summed E-state index contributed by atoms with van der Waals surface area (Å²) in [6, 6.07) is 0. The fourth-order valence-corrected chi connectivity index (χ4v) is 1.78. The van der Waals surface area contributed by atoms with E-state index in [1.807, 2.05) is 6.92 Å². The van der Waals surface area contributed by atoms with Crippen LogP contribution in [0.3, 0.4) is 0 Å². The lowest BCUT2D eigenvalue weighted by atomic mass is 9.97. The minimum absolute atomic E-state index is 0.236. The molecular formula is C14H24N2O3. The Labute approximate surface area is 114 Å². The number of hydrogen-bond acceptors (Lipinski definition) is 5. The number of ether oxygens (including phenoxy) is 1. The third kappa shape index (κ3) is 4.33. The third-order valence-electron chi connectivity index (χ3n) is 3.09. The average molecular weight is 268 g/mol. The highest BCUT2D eigenvalue weighted by Crippen LogP contribution is 2.26. The third-order valence-corrected chi connectivity index (χ3v) is 3.09. The molecule has 0 N–H and O–H groups in total. The summed E-state index contributed by atoms with van der Waals surface area (Å²) in [6.07, 6.45) is 1.59. The molecule has 108 valence electrons. The van der Waals surface area contributed by atoms with Gasteiger partial charge in [0.2, 0.25) is 5.89 Å². The van der Waals surface area contributed by atoms with Gasteiger partial charge >= 0.3 is 5.97 Å². The van der Waals surface area contributed by atoms with Gasteiger partial charge in [-0.15, -0.1) is 0 Å². The van der Waals surface area contributed by atoms with Gasteiger partial charge in [0, 0.05) is 5.92 Å². The molecule has 5 heteroatoms. The van der Waals surface area contributed by atoms with E-state index in [-0.39, 0.29) is 11.9 Å². The van der Waals surface area contributed by atoms with E-state index in [1.165, 1.54) is 0 Å². The van der Waals surface area contributed by atoms with Gasteiger partial charge in [-0.25, -0.2) is 0 Å². The Balaban J connectivity index is 2.90. The van der Waals surface area contributed by atoms with Crippen molar-refractivity contribution in [2.75, 3.05) is 6.61 Å². The van der Waals surface area contributed by atoms with Crippen LogP contribution in [0.5, 0.6) is 0 Å². The Morgan fingerprint density at radius 2 is 2.00 bits per heavy atom. The molecular weight excluding hydrogens is 244 g/mol. The van der Waals surface area contributed by atoms with Gasteiger partial charge in [-0.05, 0) is 25.7 Å². The van der Waals surface area contributed by atoms with Gasteiger partial charge in [0.15, 0.2) is 5.82 Å². The first-order valence-corrected chi connectivity index (χ1v) is 6.99. The summed E-state index contributed by atoms with van der Waals surface area (Å²) in [5.41, 5.74) is 0. The van der Waals surface area contributed by atoms with E-state index in [4.69, 9.17) is 9.26 Å². The Bertz CT molecular complexity index is 401. The zero-order valence-corrected chi connectivity index (χ0v) is 12.5. The van der Waals surface area contributed by atoms with Crippen LogP contribution in [-0.2, 0) is 9.53 Å². The molecule has 1 aromatic rings. The van der Waals surface area contributed by atoms with Crippen molar-refractivity contribution in [2.24, 2.45) is 5.92 Å². The second-order valence-corrected chi connectivity index (χ2v) is 5.23. The molecule has 0 saturated heterocycles. The highest BCUT2D eigenvalue weighted by Gasteiger charge is 2.29. The van der Waals surface area contributed by atoms with Crippen molar-refractivity contribution in [1.82, 2.24) is 10.1 Å². The number of carbonyl (C=O) groups excluding carboxylic acids is 1. The van der Waals surface area contributed by atoms with E-state index < -0.39 is 5.92 Å². The maximum Gasteiger partial charge on any atom is 0.318 e. The van der Waals surface area contributed by atoms with Crippen molar-refractivity contribution in [3.63, 3.8) is 0 Å². The molecule has 0 saturated carbocycles. The van der Waals surface area contributed by atoms with Crippen LogP contribution in [-0.4, -0.2) is 22.7 Å². The number of nitrogens with zero attached hydrogens (tertiary/aromatic N) is 2. The molecule has 0 bridgehead atoms. The molecule has 2 atom stereocenters. The molecule has 5 nitrogen and oxygen atoms in total. The van der Waals surface area contributed by atoms with Crippen molar-refractivity contribution >= 4 is 5.97 Å². The Hall–Kier alpha value is -1.39. The van der Waals surface area contributed by atoms with E-state index in [2.05, 4.69) is 30.9 Å². The lowest BCUT2D eigenvalue weighted by Gasteiger charge is -2.13. The summed E-state index contributed by atoms with van der Waals surface area (Å²) >= 11 is 0. The van der Waals surface area contributed by atoms with Crippen LogP contribution in [0.2, 0.25) is 0 Å². The molecule has 19 heavy (non-hydrogen) atoms. The van der Waals surface area contributed by atoms with Crippen molar-refractivity contribution < 1.29 is 14.1 Å². The molecule has 0 amide bonds. The Kier molecular flexibility index (Phi) is 5.99. The zero-order chi connectivity index (χ0) is 14.4. The van der Waals surface area contributed by atoms with E-state index in [9.17, 15) is 4.79 Å². The Morgan fingerprint density at radius 3 is 2.53 bits per heavy atom. The zero-order valence-electron chi connectivity index (χ0n) is 12.5. The first-order valence-electron chi connectivity index (χ1n) is 6.99. The van der Waals surface area contributed by atoms with Gasteiger partial charge in [-0.1, -0.05) is 32.9 Å². The minimum atomic E-state index is -0.453. The van der Waals surface area contributed by atoms with Crippen LogP contribution in [0.4, 0.5) is 0 Å². The molecule has 1 aromatic heterocycles. The average Bonchev–Trinajstić information content (AvgIpc) is 2.84. The number of aromatic nitrogens is 2. The van der Waals surface area contributed by atoms with Crippen molar-refractivity contribution in [1.29, 1.82) is 0 Å². The molecule has 0 aliphatic heterocycles. The van der Waals surface area contributed by atoms with E-state index >= 15 is 0 Å². The number of carbonyl (C=O) groups is 1. The van der Waals surface area contributed by atoms with E-state index in [0.717, 1.165) is 6.42 Å². The summed E-state index contributed by atoms with van der Waals surface area (Å²) in [5.74, 6) is 0.895. The Morgan fingerprint density at radius 1 is 1.32 bits per heavy atom. The maximum absolute atomic E-state index is 12.0. The molecule has 0 fully saturated rings. The summed E-state index contributed by atoms with van der Waals surface area (Å²) < 4.78 is 10.3. The summed E-state index contributed by atoms with van der Waals surface area (Å²) in [7, 11) is 0. The smallest absolute Gasteiger partial charge is 0.318 e. The standard InChI is InChI=1S/C14H24N2O3/c1-6-10(5)12-15-13(19-16-12)11(8-9(3)4)14(17)18-7-2/h9-11H,6-8H2,1-5H3. The van der Waals surface area contributed by atoms with Crippen LogP contribution in [0.15, 0.2) is 4.52 Å². The SMILES string of the molecule is CCOC(=O)C(CC(C)C)c1nc(C(C)CC)no1. The van der Waals surface area contributed by atoms with Crippen molar-refractivity contribution in [3.8, 4) is 0 Å². The maximum atomic E-state index is 12.0. The van der Waals surface area contributed by atoms with Crippen molar-refractivity contribution in [3.05, 3.63) is 11.7 Å². The quantitative estimate of drug-likeness (QED) is 0.710. The first kappa shape index (κ1) is 15.7. The summed E-state index contributed by atoms with van der Waals surface area (Å²) in [5, 5.41) is 3.96. The predicted molar refractivity (Wildman–Crippen MR) is 71.8 cm³/mol.